The van der Waals surface area contributed by atoms with Crippen molar-refractivity contribution in [2.45, 2.75) is 38.5 Å². The summed E-state index contributed by atoms with van der Waals surface area (Å²) in [6.45, 7) is 2.62. The average Bonchev–Trinajstić information content (AvgIpc) is 2.84. The van der Waals surface area contributed by atoms with E-state index in [1.807, 2.05) is 30.3 Å². The molecule has 0 aliphatic carbocycles. The number of hydrogen-bond acceptors (Lipinski definition) is 4. The van der Waals surface area contributed by atoms with Crippen molar-refractivity contribution < 1.29 is 10.0 Å². The van der Waals surface area contributed by atoms with Crippen LogP contribution in [0.3, 0.4) is 0 Å². The number of ketones is 1. The van der Waals surface area contributed by atoms with Gasteiger partial charge in [0.2, 0.25) is 0 Å². The van der Waals surface area contributed by atoms with Crippen LogP contribution in [0.25, 0.3) is 0 Å². The molecular formula is C18H27N3O2. The van der Waals surface area contributed by atoms with E-state index < -0.39 is 0 Å². The molecule has 1 aliphatic rings. The molecule has 5 heteroatoms. The molecule has 0 spiro atoms. The summed E-state index contributed by atoms with van der Waals surface area (Å²) in [5, 5.41) is 9.17. The van der Waals surface area contributed by atoms with Gasteiger partial charge in [-0.25, -0.2) is 0 Å². The van der Waals surface area contributed by atoms with E-state index in [2.05, 4.69) is 15.4 Å². The number of likely N-dealkylation sites (tertiary alicyclic amines) is 1. The van der Waals surface area contributed by atoms with Gasteiger partial charge in [-0.05, 0) is 37.9 Å². The van der Waals surface area contributed by atoms with Gasteiger partial charge in [0.15, 0.2) is 5.78 Å². The average molecular weight is 317 g/mol. The maximum absolute atomic E-state index is 12.1. The summed E-state index contributed by atoms with van der Waals surface area (Å²) in [4.78, 5) is 18.5. The Kier molecular flexibility index (Phi) is 7.77. The van der Waals surface area contributed by atoms with Gasteiger partial charge in [-0.1, -0.05) is 43.2 Å². The van der Waals surface area contributed by atoms with E-state index >= 15 is 0 Å². The Hall–Kier alpha value is -1.72. The number of rotatable bonds is 7. The van der Waals surface area contributed by atoms with Gasteiger partial charge >= 0.3 is 0 Å². The zero-order chi connectivity index (χ0) is 16.3. The van der Waals surface area contributed by atoms with Crippen LogP contribution < -0.4 is 5.48 Å². The number of benzene rings is 1. The third-order valence-electron chi connectivity index (χ3n) is 4.17. The zero-order valence-corrected chi connectivity index (χ0v) is 13.7. The van der Waals surface area contributed by atoms with Crippen LogP contribution in [0.2, 0.25) is 0 Å². The summed E-state index contributed by atoms with van der Waals surface area (Å²) in [6.07, 6.45) is 6.26. The van der Waals surface area contributed by atoms with Crippen LogP contribution >= 0.6 is 0 Å². The van der Waals surface area contributed by atoms with Crippen molar-refractivity contribution in [2.75, 3.05) is 26.2 Å². The molecule has 0 atom stereocenters. The van der Waals surface area contributed by atoms with Gasteiger partial charge in [0.05, 0.1) is 6.54 Å². The van der Waals surface area contributed by atoms with Gasteiger partial charge < -0.3 is 0 Å². The highest BCUT2D eigenvalue weighted by Gasteiger charge is 2.12. The van der Waals surface area contributed by atoms with E-state index in [0.717, 1.165) is 19.5 Å². The minimum Gasteiger partial charge on any atom is -0.296 e. The van der Waals surface area contributed by atoms with Crippen LogP contribution in [0.5, 0.6) is 0 Å². The van der Waals surface area contributed by atoms with Crippen LogP contribution in [0.1, 0.15) is 37.7 Å². The molecule has 1 fully saturated rings. The molecule has 1 aromatic carbocycles. The number of carbonyl (C=O) groups is 1. The highest BCUT2D eigenvalue weighted by molar-refractivity contribution is 5.87. The van der Waals surface area contributed by atoms with Crippen LogP contribution in [0, 0.1) is 0 Å². The zero-order valence-electron chi connectivity index (χ0n) is 13.7. The van der Waals surface area contributed by atoms with Crippen LogP contribution in [0.15, 0.2) is 35.3 Å². The van der Waals surface area contributed by atoms with E-state index in [1.54, 1.807) is 0 Å². The Balaban J connectivity index is 1.75. The first-order valence-corrected chi connectivity index (χ1v) is 8.49. The largest absolute Gasteiger partial charge is 0.296 e. The predicted molar refractivity (Wildman–Crippen MR) is 91.9 cm³/mol. The fraction of sp³-hybridized carbons (Fsp3) is 0.556. The maximum atomic E-state index is 12.1. The molecule has 23 heavy (non-hydrogen) atoms. The second-order valence-electron chi connectivity index (χ2n) is 6.09. The van der Waals surface area contributed by atoms with Gasteiger partial charge in [-0.2, -0.15) is 0 Å². The van der Waals surface area contributed by atoms with Crippen LogP contribution in [-0.2, 0) is 11.2 Å². The van der Waals surface area contributed by atoms with E-state index in [4.69, 9.17) is 0 Å². The Labute approximate surface area is 138 Å². The summed E-state index contributed by atoms with van der Waals surface area (Å²) in [5.74, 6) is 0.581. The van der Waals surface area contributed by atoms with E-state index in [0.29, 0.717) is 18.8 Å². The first-order chi connectivity index (χ1) is 11.3. The van der Waals surface area contributed by atoms with Gasteiger partial charge in [-0.3, -0.25) is 25.4 Å². The van der Waals surface area contributed by atoms with Crippen molar-refractivity contribution in [3.63, 3.8) is 0 Å². The van der Waals surface area contributed by atoms with Crippen molar-refractivity contribution in [1.29, 1.82) is 0 Å². The second-order valence-corrected chi connectivity index (χ2v) is 6.09. The molecule has 0 saturated carbocycles. The molecule has 2 N–H and O–H groups in total. The molecule has 126 valence electrons. The van der Waals surface area contributed by atoms with E-state index in [9.17, 15) is 10.0 Å². The Morgan fingerprint density at radius 3 is 2.48 bits per heavy atom. The third kappa shape index (κ3) is 6.93. The molecule has 0 unspecified atom stereocenters. The van der Waals surface area contributed by atoms with Gasteiger partial charge in [0.1, 0.15) is 12.4 Å². The Bertz CT molecular complexity index is 494. The molecule has 0 bridgehead atoms. The van der Waals surface area contributed by atoms with E-state index in [-0.39, 0.29) is 12.3 Å². The summed E-state index contributed by atoms with van der Waals surface area (Å²) >= 11 is 0. The molecule has 1 saturated heterocycles. The number of hydrogen-bond donors (Lipinski definition) is 2. The van der Waals surface area contributed by atoms with Crippen LogP contribution in [-0.4, -0.2) is 47.9 Å². The summed E-state index contributed by atoms with van der Waals surface area (Å²) in [6, 6.07) is 10.0. The quantitative estimate of drug-likeness (QED) is 0.460. The number of Topliss-reactive ketones (excluding diaryl/α,β-unsaturated/α-hetero) is 1. The Morgan fingerprint density at radius 2 is 1.83 bits per heavy atom. The normalized spacial score (nSPS) is 16.8. The minimum atomic E-state index is 0.111. The van der Waals surface area contributed by atoms with Gasteiger partial charge in [0, 0.05) is 6.42 Å². The molecule has 5 nitrogen and oxygen atoms in total. The fourth-order valence-corrected chi connectivity index (χ4v) is 2.86. The highest BCUT2D eigenvalue weighted by atomic mass is 16.5. The third-order valence-corrected chi connectivity index (χ3v) is 4.17. The molecule has 1 aliphatic heterocycles. The first kappa shape index (κ1) is 17.6. The smallest absolute Gasteiger partial charge is 0.168 e. The molecule has 0 aromatic heterocycles. The lowest BCUT2D eigenvalue weighted by molar-refractivity contribution is -0.118. The first-order valence-electron chi connectivity index (χ1n) is 8.49. The lowest BCUT2D eigenvalue weighted by atomic mass is 10.1. The fourth-order valence-electron chi connectivity index (χ4n) is 2.86. The summed E-state index contributed by atoms with van der Waals surface area (Å²) < 4.78 is 0. The number of carbonyl (C=O) groups excluding carboxylic acids is 1. The van der Waals surface area contributed by atoms with Crippen LogP contribution in [0.4, 0.5) is 0 Å². The number of aliphatic imine (C=N–C) groups is 1. The number of nitrogens with one attached hydrogen (secondary N) is 1. The standard InChI is InChI=1S/C18H27N3O2/c22-17(15-21-12-6-1-2-7-13-21)14-19-18(20-23)11-10-16-8-4-3-5-9-16/h3-5,8-9,23H,1-2,6-7,10-15H2,(H,19,20). The van der Waals surface area contributed by atoms with Crippen molar-refractivity contribution in [1.82, 2.24) is 10.4 Å². The van der Waals surface area contributed by atoms with Crippen molar-refractivity contribution >= 4 is 11.6 Å². The van der Waals surface area contributed by atoms with Gasteiger partial charge in [-0.15, -0.1) is 0 Å². The topological polar surface area (TPSA) is 64.9 Å². The molecule has 0 radical (unpaired) electrons. The van der Waals surface area contributed by atoms with Crippen molar-refractivity contribution in [3.05, 3.63) is 35.9 Å². The number of nitrogens with zero attached hydrogens (tertiary/aromatic N) is 2. The molecule has 1 aromatic rings. The lowest BCUT2D eigenvalue weighted by Crippen LogP contribution is -2.32. The summed E-state index contributed by atoms with van der Waals surface area (Å²) in [7, 11) is 0. The van der Waals surface area contributed by atoms with Gasteiger partial charge in [0.25, 0.3) is 0 Å². The maximum Gasteiger partial charge on any atom is 0.168 e. The van der Waals surface area contributed by atoms with E-state index in [1.165, 1.54) is 31.2 Å². The number of hydroxylamine groups is 1. The second kappa shape index (κ2) is 10.1. The number of aryl methyl sites for hydroxylation is 1. The monoisotopic (exact) mass is 317 g/mol. The highest BCUT2D eigenvalue weighted by Crippen LogP contribution is 2.09. The molecule has 2 rings (SSSR count). The minimum absolute atomic E-state index is 0.111. The van der Waals surface area contributed by atoms with Crippen molar-refractivity contribution in [2.24, 2.45) is 4.99 Å². The number of amidine groups is 1. The van der Waals surface area contributed by atoms with Crippen molar-refractivity contribution in [3.8, 4) is 0 Å². The SMILES string of the molecule is O=C(CN=C(CCc1ccccc1)NO)CN1CCCCCC1. The lowest BCUT2D eigenvalue weighted by Gasteiger charge is -2.18. The predicted octanol–water partition coefficient (Wildman–Crippen LogP) is 2.44. The molecule has 0 amide bonds. The molecular weight excluding hydrogens is 290 g/mol. The Morgan fingerprint density at radius 1 is 1.13 bits per heavy atom. The summed E-state index contributed by atoms with van der Waals surface area (Å²) in [5.41, 5.74) is 3.31. The molecule has 1 heterocycles.